The van der Waals surface area contributed by atoms with Crippen LogP contribution in [0.5, 0.6) is 0 Å². The van der Waals surface area contributed by atoms with Crippen LogP contribution in [0.25, 0.3) is 0 Å². The fourth-order valence-corrected chi connectivity index (χ4v) is 4.43. The van der Waals surface area contributed by atoms with Crippen LogP contribution in [0.4, 0.5) is 5.69 Å². The fraction of sp³-hybridized carbons (Fsp3) is 0.684. The molecule has 3 heterocycles. The van der Waals surface area contributed by atoms with Gasteiger partial charge in [-0.25, -0.2) is 0 Å². The van der Waals surface area contributed by atoms with E-state index in [2.05, 4.69) is 34.1 Å². The molecule has 1 aromatic rings. The Morgan fingerprint density at radius 1 is 0.913 bits per heavy atom. The topological polar surface area (TPSA) is 24.9 Å². The maximum atomic E-state index is 5.63. The van der Waals surface area contributed by atoms with Crippen LogP contribution in [0.3, 0.4) is 0 Å². The fourth-order valence-electron chi connectivity index (χ4n) is 4.43. The molecular formula is C19H28N2O2. The first-order valence-electron chi connectivity index (χ1n) is 9.10. The third-order valence-corrected chi connectivity index (χ3v) is 5.77. The lowest BCUT2D eigenvalue weighted by Gasteiger charge is -2.34. The molecule has 0 aromatic heterocycles. The molecule has 23 heavy (non-hydrogen) atoms. The number of morpholine rings is 1. The van der Waals surface area contributed by atoms with Crippen LogP contribution in [0.1, 0.15) is 24.8 Å². The summed E-state index contributed by atoms with van der Waals surface area (Å²) >= 11 is 0. The summed E-state index contributed by atoms with van der Waals surface area (Å²) in [7, 11) is 0. The van der Waals surface area contributed by atoms with E-state index in [9.17, 15) is 0 Å². The molecule has 0 radical (unpaired) electrons. The lowest BCUT2D eigenvalue weighted by molar-refractivity contribution is 0.0375. The number of hydrogen-bond donors (Lipinski definition) is 0. The molecule has 4 heteroatoms. The van der Waals surface area contributed by atoms with Gasteiger partial charge in [-0.3, -0.25) is 4.90 Å². The van der Waals surface area contributed by atoms with E-state index < -0.39 is 0 Å². The minimum atomic E-state index is 0.341. The van der Waals surface area contributed by atoms with E-state index in [0.29, 0.717) is 5.41 Å². The van der Waals surface area contributed by atoms with E-state index in [0.717, 1.165) is 46.1 Å². The molecule has 0 bridgehead atoms. The first-order chi connectivity index (χ1) is 11.4. The van der Waals surface area contributed by atoms with Gasteiger partial charge in [0.05, 0.1) is 13.2 Å². The number of nitrogens with zero attached hydrogens (tertiary/aromatic N) is 2. The van der Waals surface area contributed by atoms with Crippen LogP contribution in [0.15, 0.2) is 24.3 Å². The van der Waals surface area contributed by atoms with Crippen LogP contribution >= 0.6 is 0 Å². The van der Waals surface area contributed by atoms with Gasteiger partial charge in [0.1, 0.15) is 0 Å². The molecule has 0 atom stereocenters. The number of hydrogen-bond acceptors (Lipinski definition) is 4. The van der Waals surface area contributed by atoms with E-state index in [4.69, 9.17) is 9.47 Å². The molecule has 2 saturated heterocycles. The van der Waals surface area contributed by atoms with E-state index in [1.54, 1.807) is 5.56 Å². The minimum absolute atomic E-state index is 0.341. The second-order valence-electron chi connectivity index (χ2n) is 7.14. The van der Waals surface area contributed by atoms with Crippen molar-refractivity contribution < 1.29 is 9.47 Å². The summed E-state index contributed by atoms with van der Waals surface area (Å²) in [5.74, 6) is 0. The molecular weight excluding hydrogens is 288 g/mol. The van der Waals surface area contributed by atoms with Crippen molar-refractivity contribution in [1.82, 2.24) is 4.90 Å². The van der Waals surface area contributed by atoms with Crippen molar-refractivity contribution in [3.63, 3.8) is 0 Å². The maximum Gasteiger partial charge on any atom is 0.0594 e. The SMILES string of the molecule is c1ccc2c(c1)N(CCCN1CCOCC1)CC21CCOCC1. The maximum absolute atomic E-state index is 5.63. The zero-order chi connectivity index (χ0) is 15.5. The van der Waals surface area contributed by atoms with Gasteiger partial charge in [-0.05, 0) is 30.9 Å². The number of anilines is 1. The van der Waals surface area contributed by atoms with Crippen LogP contribution in [0, 0.1) is 0 Å². The average Bonchev–Trinajstić information content (AvgIpc) is 2.91. The molecule has 126 valence electrons. The number of benzene rings is 1. The summed E-state index contributed by atoms with van der Waals surface area (Å²) in [6.07, 6.45) is 3.58. The molecule has 0 amide bonds. The van der Waals surface area contributed by atoms with Crippen molar-refractivity contribution in [3.8, 4) is 0 Å². The van der Waals surface area contributed by atoms with E-state index in [1.165, 1.54) is 38.0 Å². The predicted octanol–water partition coefficient (Wildman–Crippen LogP) is 2.28. The van der Waals surface area contributed by atoms with Crippen molar-refractivity contribution in [2.75, 3.05) is 64.1 Å². The highest BCUT2D eigenvalue weighted by Gasteiger charge is 2.43. The molecule has 0 aliphatic carbocycles. The second kappa shape index (κ2) is 6.80. The number of fused-ring (bicyclic) bond motifs is 2. The standard InChI is InChI=1S/C19H28N2O2/c1-2-5-18-17(4-1)19(6-12-22-13-7-19)16-21(18)9-3-8-20-10-14-23-15-11-20/h1-2,4-5H,3,6-16H2. The highest BCUT2D eigenvalue weighted by atomic mass is 16.5. The number of rotatable bonds is 4. The molecule has 3 aliphatic rings. The van der Waals surface area contributed by atoms with Crippen molar-refractivity contribution in [2.45, 2.75) is 24.7 Å². The first kappa shape index (κ1) is 15.4. The summed E-state index contributed by atoms with van der Waals surface area (Å²) in [5.41, 5.74) is 3.37. The Kier molecular flexibility index (Phi) is 4.56. The van der Waals surface area contributed by atoms with Crippen LogP contribution in [-0.4, -0.2) is 64.1 Å². The molecule has 3 aliphatic heterocycles. The molecule has 4 rings (SSSR count). The highest BCUT2D eigenvalue weighted by molar-refractivity contribution is 5.62. The molecule has 1 spiro atoms. The first-order valence-corrected chi connectivity index (χ1v) is 9.10. The molecule has 0 unspecified atom stereocenters. The number of para-hydroxylation sites is 1. The largest absolute Gasteiger partial charge is 0.381 e. The van der Waals surface area contributed by atoms with E-state index >= 15 is 0 Å². The van der Waals surface area contributed by atoms with Crippen LogP contribution in [0.2, 0.25) is 0 Å². The molecule has 0 saturated carbocycles. The molecule has 1 aromatic carbocycles. The number of ether oxygens (including phenoxy) is 2. The minimum Gasteiger partial charge on any atom is -0.381 e. The smallest absolute Gasteiger partial charge is 0.0594 e. The van der Waals surface area contributed by atoms with Gasteiger partial charge in [-0.2, -0.15) is 0 Å². The van der Waals surface area contributed by atoms with Crippen LogP contribution in [-0.2, 0) is 14.9 Å². The van der Waals surface area contributed by atoms with Gasteiger partial charge in [0, 0.05) is 57.0 Å². The Bertz CT molecular complexity index is 522. The molecule has 4 nitrogen and oxygen atoms in total. The quantitative estimate of drug-likeness (QED) is 0.851. The van der Waals surface area contributed by atoms with Crippen LogP contribution < -0.4 is 4.90 Å². The Morgan fingerprint density at radius 2 is 1.65 bits per heavy atom. The predicted molar refractivity (Wildman–Crippen MR) is 92.3 cm³/mol. The van der Waals surface area contributed by atoms with Crippen molar-refractivity contribution in [2.24, 2.45) is 0 Å². The van der Waals surface area contributed by atoms with Gasteiger partial charge in [-0.1, -0.05) is 18.2 Å². The Hall–Kier alpha value is -1.10. The van der Waals surface area contributed by atoms with Gasteiger partial charge >= 0.3 is 0 Å². The third kappa shape index (κ3) is 3.12. The zero-order valence-electron chi connectivity index (χ0n) is 14.0. The molecule has 2 fully saturated rings. The lowest BCUT2D eigenvalue weighted by Crippen LogP contribution is -2.40. The Morgan fingerprint density at radius 3 is 2.48 bits per heavy atom. The van der Waals surface area contributed by atoms with Gasteiger partial charge in [0.25, 0.3) is 0 Å². The summed E-state index contributed by atoms with van der Waals surface area (Å²) in [4.78, 5) is 5.16. The monoisotopic (exact) mass is 316 g/mol. The molecule has 0 N–H and O–H groups in total. The van der Waals surface area contributed by atoms with Crippen molar-refractivity contribution in [3.05, 3.63) is 29.8 Å². The summed E-state index contributed by atoms with van der Waals surface area (Å²) in [6, 6.07) is 9.05. The Labute approximate surface area is 139 Å². The van der Waals surface area contributed by atoms with Gasteiger partial charge in [0.2, 0.25) is 0 Å². The summed E-state index contributed by atoms with van der Waals surface area (Å²) in [6.45, 7) is 9.35. The lowest BCUT2D eigenvalue weighted by atomic mass is 9.76. The van der Waals surface area contributed by atoms with Crippen molar-refractivity contribution >= 4 is 5.69 Å². The summed E-state index contributed by atoms with van der Waals surface area (Å²) in [5, 5.41) is 0. The zero-order valence-corrected chi connectivity index (χ0v) is 14.0. The normalized spacial score (nSPS) is 24.1. The van der Waals surface area contributed by atoms with Gasteiger partial charge < -0.3 is 14.4 Å². The van der Waals surface area contributed by atoms with Crippen molar-refractivity contribution in [1.29, 1.82) is 0 Å². The van der Waals surface area contributed by atoms with E-state index in [-0.39, 0.29) is 0 Å². The second-order valence-corrected chi connectivity index (χ2v) is 7.14. The van der Waals surface area contributed by atoms with E-state index in [1.807, 2.05) is 0 Å². The summed E-state index contributed by atoms with van der Waals surface area (Å²) < 4.78 is 11.1. The Balaban J connectivity index is 1.41. The van der Waals surface area contributed by atoms with Gasteiger partial charge in [0.15, 0.2) is 0 Å². The average molecular weight is 316 g/mol. The highest BCUT2D eigenvalue weighted by Crippen LogP contribution is 2.46. The van der Waals surface area contributed by atoms with Gasteiger partial charge in [-0.15, -0.1) is 0 Å². The third-order valence-electron chi connectivity index (χ3n) is 5.77.